The van der Waals surface area contributed by atoms with Crippen molar-refractivity contribution in [2.45, 2.75) is 62.6 Å². The van der Waals surface area contributed by atoms with Crippen molar-refractivity contribution in [2.75, 3.05) is 12.9 Å². The minimum atomic E-state index is -1.58. The van der Waals surface area contributed by atoms with E-state index in [1.807, 2.05) is 44.2 Å². The third-order valence-electron chi connectivity index (χ3n) is 6.06. The summed E-state index contributed by atoms with van der Waals surface area (Å²) in [7, 11) is -1.58. The van der Waals surface area contributed by atoms with Gasteiger partial charge in [0.25, 0.3) is 0 Å². The lowest BCUT2D eigenvalue weighted by atomic mass is 9.90. The molecular formula is C24H29ClO7S. The van der Waals surface area contributed by atoms with Crippen LogP contribution in [0.15, 0.2) is 30.3 Å². The Labute approximate surface area is 200 Å². The fraction of sp³-hybridized carbons (Fsp3) is 0.500. The van der Waals surface area contributed by atoms with Gasteiger partial charge in [-0.1, -0.05) is 23.7 Å². The largest absolute Gasteiger partial charge is 0.494 e. The van der Waals surface area contributed by atoms with Gasteiger partial charge >= 0.3 is 0 Å². The lowest BCUT2D eigenvalue weighted by molar-refractivity contribution is -0.201. The van der Waals surface area contributed by atoms with Crippen molar-refractivity contribution in [1.29, 1.82) is 0 Å². The topological polar surface area (TPSA) is 105 Å². The van der Waals surface area contributed by atoms with E-state index in [4.69, 9.17) is 25.8 Å². The zero-order valence-corrected chi connectivity index (χ0v) is 20.3. The summed E-state index contributed by atoms with van der Waals surface area (Å²) < 4.78 is 29.5. The summed E-state index contributed by atoms with van der Waals surface area (Å²) in [4.78, 5) is 0. The van der Waals surface area contributed by atoms with E-state index in [-0.39, 0.29) is 6.10 Å². The molecule has 2 unspecified atom stereocenters. The van der Waals surface area contributed by atoms with Crippen LogP contribution in [0.25, 0.3) is 0 Å². The van der Waals surface area contributed by atoms with Gasteiger partial charge < -0.3 is 29.5 Å². The van der Waals surface area contributed by atoms with Crippen LogP contribution in [-0.4, -0.2) is 62.2 Å². The van der Waals surface area contributed by atoms with E-state index in [1.165, 1.54) is 6.26 Å². The molecule has 2 aliphatic rings. The van der Waals surface area contributed by atoms with E-state index in [9.17, 15) is 19.5 Å². The van der Waals surface area contributed by atoms with Crippen LogP contribution in [0.2, 0.25) is 5.02 Å². The number of fused-ring (bicyclic) bond motifs is 1. The van der Waals surface area contributed by atoms with Crippen molar-refractivity contribution in [3.63, 3.8) is 0 Å². The number of hydrogen-bond donors (Lipinski definition) is 3. The Morgan fingerprint density at radius 1 is 1.15 bits per heavy atom. The van der Waals surface area contributed by atoms with Crippen LogP contribution in [0.1, 0.15) is 42.2 Å². The van der Waals surface area contributed by atoms with Crippen LogP contribution in [-0.2, 0) is 28.4 Å². The molecule has 0 spiro atoms. The first-order valence-corrected chi connectivity index (χ1v) is 13.0. The Morgan fingerprint density at radius 2 is 1.85 bits per heavy atom. The van der Waals surface area contributed by atoms with E-state index >= 15 is 0 Å². The maximum absolute atomic E-state index is 12.1. The zero-order chi connectivity index (χ0) is 23.9. The van der Waals surface area contributed by atoms with Crippen LogP contribution < -0.4 is 9.47 Å². The number of halogens is 1. The quantitative estimate of drug-likeness (QED) is 0.564. The summed E-state index contributed by atoms with van der Waals surface area (Å²) in [5, 5.41) is 32.0. The maximum atomic E-state index is 12.1. The first-order valence-electron chi connectivity index (χ1n) is 11.0. The molecule has 1 fully saturated rings. The smallest absolute Gasteiger partial charge is 0.161 e. The predicted octanol–water partition coefficient (Wildman–Crippen LogP) is 2.51. The maximum Gasteiger partial charge on any atom is 0.161 e. The molecule has 33 heavy (non-hydrogen) atoms. The van der Waals surface area contributed by atoms with Crippen LogP contribution in [0.5, 0.6) is 11.5 Å². The molecule has 2 aromatic rings. The number of aliphatic hydroxyl groups excluding tert-OH is 3. The van der Waals surface area contributed by atoms with Gasteiger partial charge in [-0.3, -0.25) is 4.21 Å². The van der Waals surface area contributed by atoms with Crippen molar-refractivity contribution in [3.8, 4) is 11.5 Å². The van der Waals surface area contributed by atoms with Crippen molar-refractivity contribution in [1.82, 2.24) is 0 Å². The van der Waals surface area contributed by atoms with Gasteiger partial charge in [0, 0.05) is 23.8 Å². The molecule has 0 aliphatic carbocycles. The lowest BCUT2D eigenvalue weighted by Gasteiger charge is -2.40. The first-order chi connectivity index (χ1) is 15.7. The standard InChI is InChI=1S/C24H29ClO7S/c1-4-30-15-7-5-13(6-8-15)10-14-11-17(22-16(18(14)25)9-12(2)31-22)23-20(27)19(26)21(28)24(32-23)33(3)29/h5-8,11-12,19-21,23-24,26-28H,4,9-10H2,1-3H3/t12?,19-,20-,21+,23+,24-,33?/m1/s1. The molecule has 0 bridgehead atoms. The Balaban J connectivity index is 1.74. The third-order valence-corrected chi connectivity index (χ3v) is 7.57. The second-order valence-electron chi connectivity index (χ2n) is 8.53. The molecule has 2 heterocycles. The third kappa shape index (κ3) is 4.78. The summed E-state index contributed by atoms with van der Waals surface area (Å²) in [6.45, 7) is 4.44. The Bertz CT molecular complexity index is 1030. The van der Waals surface area contributed by atoms with Crippen molar-refractivity contribution in [2.24, 2.45) is 0 Å². The summed E-state index contributed by atoms with van der Waals surface area (Å²) in [6, 6.07) is 9.55. The Kier molecular flexibility index (Phi) is 7.33. The van der Waals surface area contributed by atoms with E-state index in [0.717, 1.165) is 22.4 Å². The van der Waals surface area contributed by atoms with Crippen LogP contribution in [0.4, 0.5) is 0 Å². The highest BCUT2D eigenvalue weighted by molar-refractivity contribution is 7.84. The van der Waals surface area contributed by atoms with E-state index in [0.29, 0.717) is 35.8 Å². The van der Waals surface area contributed by atoms with Gasteiger partial charge in [-0.05, 0) is 49.6 Å². The average molecular weight is 497 g/mol. The minimum Gasteiger partial charge on any atom is -0.494 e. The molecule has 1 saturated heterocycles. The molecule has 7 nitrogen and oxygen atoms in total. The van der Waals surface area contributed by atoms with E-state index in [2.05, 4.69) is 0 Å². The lowest BCUT2D eigenvalue weighted by Crippen LogP contribution is -2.55. The van der Waals surface area contributed by atoms with Crippen LogP contribution in [0.3, 0.4) is 0 Å². The minimum absolute atomic E-state index is 0.121. The van der Waals surface area contributed by atoms with E-state index in [1.54, 1.807) is 0 Å². The monoisotopic (exact) mass is 496 g/mol. The van der Waals surface area contributed by atoms with Crippen molar-refractivity contribution < 1.29 is 33.7 Å². The SMILES string of the molecule is CCOc1ccc(Cc2cc([C@@H]3O[C@H](S(C)=O)[C@@H](O)[C@H](O)[C@H]3O)c3c(c2Cl)CC(C)O3)cc1. The highest BCUT2D eigenvalue weighted by Crippen LogP contribution is 2.46. The number of ether oxygens (including phenoxy) is 3. The summed E-state index contributed by atoms with van der Waals surface area (Å²) >= 11 is 6.78. The molecule has 0 aromatic heterocycles. The second-order valence-corrected chi connectivity index (χ2v) is 10.4. The predicted molar refractivity (Wildman–Crippen MR) is 125 cm³/mol. The molecule has 3 N–H and O–H groups in total. The van der Waals surface area contributed by atoms with Gasteiger partial charge in [-0.25, -0.2) is 0 Å². The Hall–Kier alpha value is -1.68. The second kappa shape index (κ2) is 9.90. The van der Waals surface area contributed by atoms with Crippen molar-refractivity contribution >= 4 is 22.4 Å². The summed E-state index contributed by atoms with van der Waals surface area (Å²) in [5.41, 5.74) is 2.03. The fourth-order valence-corrected chi connectivity index (χ4v) is 5.56. The van der Waals surface area contributed by atoms with E-state index < -0.39 is 40.7 Å². The van der Waals surface area contributed by atoms with Crippen LogP contribution >= 0.6 is 11.6 Å². The van der Waals surface area contributed by atoms with Gasteiger partial charge in [0.05, 0.1) is 22.4 Å². The average Bonchev–Trinajstić information content (AvgIpc) is 3.18. The van der Waals surface area contributed by atoms with Gasteiger partial charge in [-0.2, -0.15) is 0 Å². The molecule has 9 heteroatoms. The number of rotatable bonds is 6. The molecular weight excluding hydrogens is 468 g/mol. The highest BCUT2D eigenvalue weighted by Gasteiger charge is 2.47. The molecule has 7 atom stereocenters. The molecule has 180 valence electrons. The molecule has 2 aliphatic heterocycles. The van der Waals surface area contributed by atoms with Crippen molar-refractivity contribution in [3.05, 3.63) is 57.6 Å². The number of aliphatic hydroxyl groups is 3. The number of hydrogen-bond acceptors (Lipinski definition) is 7. The van der Waals surface area contributed by atoms with Gasteiger partial charge in [-0.15, -0.1) is 0 Å². The molecule has 0 amide bonds. The molecule has 4 rings (SSSR count). The van der Waals surface area contributed by atoms with Gasteiger partial charge in [0.15, 0.2) is 5.44 Å². The first kappa shape index (κ1) is 24.4. The molecule has 0 saturated carbocycles. The molecule has 0 radical (unpaired) electrons. The van der Waals surface area contributed by atoms with Gasteiger partial charge in [0.2, 0.25) is 0 Å². The zero-order valence-electron chi connectivity index (χ0n) is 18.7. The normalized spacial score (nSPS) is 29.9. The fourth-order valence-electron chi connectivity index (χ4n) is 4.45. The van der Waals surface area contributed by atoms with Gasteiger partial charge in [0.1, 0.15) is 42.0 Å². The highest BCUT2D eigenvalue weighted by atomic mass is 35.5. The summed E-state index contributed by atoms with van der Waals surface area (Å²) in [5.74, 6) is 1.30. The molecule has 2 aromatic carbocycles. The Morgan fingerprint density at radius 3 is 2.48 bits per heavy atom. The van der Waals surface area contributed by atoms with Crippen LogP contribution in [0, 0.1) is 0 Å². The number of benzene rings is 2. The summed E-state index contributed by atoms with van der Waals surface area (Å²) in [6.07, 6.45) is -3.06.